The summed E-state index contributed by atoms with van der Waals surface area (Å²) in [4.78, 5) is 2.28. The monoisotopic (exact) mass is 383 g/mol. The Hall–Kier alpha value is -2.57. The molecule has 1 aliphatic heterocycles. The number of aromatic nitrogens is 2. The first-order valence-electron chi connectivity index (χ1n) is 9.55. The molecule has 0 radical (unpaired) electrons. The molecule has 0 spiro atoms. The fourth-order valence-electron chi connectivity index (χ4n) is 3.95. The van der Waals surface area contributed by atoms with Crippen LogP contribution in [0.25, 0.3) is 11.3 Å². The maximum absolute atomic E-state index is 14.1. The van der Waals surface area contributed by atoms with Crippen molar-refractivity contribution in [3.8, 4) is 11.3 Å². The van der Waals surface area contributed by atoms with E-state index in [2.05, 4.69) is 15.1 Å². The van der Waals surface area contributed by atoms with E-state index in [4.69, 9.17) is 0 Å². The van der Waals surface area contributed by atoms with Crippen LogP contribution in [0.3, 0.4) is 0 Å². The number of H-pyrrole nitrogens is 1. The number of benzene rings is 2. The summed E-state index contributed by atoms with van der Waals surface area (Å²) in [5.41, 5.74) is 2.75. The highest BCUT2D eigenvalue weighted by atomic mass is 19.1. The molecule has 0 saturated carbocycles. The minimum atomic E-state index is -0.602. The average molecular weight is 383 g/mol. The molecule has 6 heteroatoms. The molecular weight excluding hydrogens is 360 g/mol. The van der Waals surface area contributed by atoms with Crippen LogP contribution in [0.4, 0.5) is 8.78 Å². The van der Waals surface area contributed by atoms with E-state index in [1.165, 1.54) is 12.1 Å². The molecular formula is C22H23F2N3O. The van der Waals surface area contributed by atoms with Crippen LogP contribution < -0.4 is 0 Å². The first-order chi connectivity index (χ1) is 13.6. The fourth-order valence-corrected chi connectivity index (χ4v) is 3.95. The lowest BCUT2D eigenvalue weighted by atomic mass is 9.87. The molecule has 146 valence electrons. The van der Waals surface area contributed by atoms with Gasteiger partial charge in [0.1, 0.15) is 11.6 Å². The van der Waals surface area contributed by atoms with Gasteiger partial charge in [-0.2, -0.15) is 5.10 Å². The minimum Gasteiger partial charge on any atom is -0.388 e. The molecule has 3 aromatic rings. The summed E-state index contributed by atoms with van der Waals surface area (Å²) in [5, 5.41) is 17.5. The number of hydrogen-bond donors (Lipinski definition) is 2. The van der Waals surface area contributed by atoms with E-state index in [0.717, 1.165) is 43.1 Å². The van der Waals surface area contributed by atoms with Crippen LogP contribution in [0.15, 0.2) is 54.7 Å². The summed E-state index contributed by atoms with van der Waals surface area (Å²) in [6.45, 7) is 2.34. The zero-order chi connectivity index (χ0) is 19.5. The van der Waals surface area contributed by atoms with Gasteiger partial charge in [0.15, 0.2) is 0 Å². The first-order valence-corrected chi connectivity index (χ1v) is 9.55. The van der Waals surface area contributed by atoms with Gasteiger partial charge in [0.05, 0.1) is 18.0 Å². The van der Waals surface area contributed by atoms with Crippen molar-refractivity contribution in [1.82, 2.24) is 15.1 Å². The van der Waals surface area contributed by atoms with Gasteiger partial charge in [-0.25, -0.2) is 8.78 Å². The van der Waals surface area contributed by atoms with Crippen molar-refractivity contribution in [3.63, 3.8) is 0 Å². The van der Waals surface area contributed by atoms with Gasteiger partial charge in [0, 0.05) is 23.7 Å². The van der Waals surface area contributed by atoms with Crippen LogP contribution >= 0.6 is 0 Å². The number of rotatable bonds is 5. The summed E-state index contributed by atoms with van der Waals surface area (Å²) in [6, 6.07) is 13.3. The summed E-state index contributed by atoms with van der Waals surface area (Å²) in [7, 11) is 0. The summed E-state index contributed by atoms with van der Waals surface area (Å²) in [5.74, 6) is -0.964. The number of hydrogen-bond acceptors (Lipinski definition) is 3. The number of aliphatic hydroxyl groups is 1. The molecule has 0 amide bonds. The molecule has 4 nitrogen and oxygen atoms in total. The zero-order valence-electron chi connectivity index (χ0n) is 15.5. The maximum Gasteiger partial charge on any atom is 0.135 e. The molecule has 1 saturated heterocycles. The number of piperidine rings is 1. The molecule has 1 fully saturated rings. The van der Waals surface area contributed by atoms with Crippen LogP contribution in [-0.4, -0.2) is 33.3 Å². The SMILES string of the molecule is OC(c1ccccc1)C1CCN(Cc2cn[nH]c2-c2ccc(F)cc2F)CC1. The van der Waals surface area contributed by atoms with E-state index in [1.807, 2.05) is 30.3 Å². The third-order valence-electron chi connectivity index (χ3n) is 5.53. The second-order valence-electron chi connectivity index (χ2n) is 7.36. The molecule has 2 N–H and O–H groups in total. The number of nitrogens with one attached hydrogen (secondary N) is 1. The average Bonchev–Trinajstić information content (AvgIpc) is 3.16. The normalized spacial score (nSPS) is 17.0. The van der Waals surface area contributed by atoms with Gasteiger partial charge in [-0.3, -0.25) is 10.00 Å². The molecule has 0 bridgehead atoms. The largest absolute Gasteiger partial charge is 0.388 e. The first kappa shape index (κ1) is 18.8. The van der Waals surface area contributed by atoms with Crippen LogP contribution in [0, 0.1) is 17.6 Å². The molecule has 1 aromatic heterocycles. The van der Waals surface area contributed by atoms with E-state index in [-0.39, 0.29) is 5.92 Å². The van der Waals surface area contributed by atoms with Gasteiger partial charge >= 0.3 is 0 Å². The van der Waals surface area contributed by atoms with Crippen LogP contribution in [0.2, 0.25) is 0 Å². The van der Waals surface area contributed by atoms with Crippen LogP contribution in [0.1, 0.15) is 30.1 Å². The predicted molar refractivity (Wildman–Crippen MR) is 103 cm³/mol. The Morgan fingerprint density at radius 2 is 1.86 bits per heavy atom. The molecule has 0 aliphatic carbocycles. The van der Waals surface area contributed by atoms with Crippen molar-refractivity contribution in [2.75, 3.05) is 13.1 Å². The number of nitrogens with zero attached hydrogens (tertiary/aromatic N) is 2. The summed E-state index contributed by atoms with van der Waals surface area (Å²) < 4.78 is 27.3. The van der Waals surface area contributed by atoms with Crippen LogP contribution in [0.5, 0.6) is 0 Å². The van der Waals surface area contributed by atoms with E-state index >= 15 is 0 Å². The van der Waals surface area contributed by atoms with E-state index in [0.29, 0.717) is 17.8 Å². The Morgan fingerprint density at radius 3 is 2.57 bits per heavy atom. The van der Waals surface area contributed by atoms with Gasteiger partial charge in [0.2, 0.25) is 0 Å². The number of aromatic amines is 1. The summed E-state index contributed by atoms with van der Waals surface area (Å²) in [6.07, 6.45) is 3.05. The standard InChI is InChI=1S/C22H23F2N3O/c23-18-6-7-19(20(24)12-18)21-17(13-25-26-21)14-27-10-8-16(9-11-27)22(28)15-4-2-1-3-5-15/h1-7,12-13,16,22,28H,8-11,14H2,(H,25,26). The zero-order valence-corrected chi connectivity index (χ0v) is 15.5. The third-order valence-corrected chi connectivity index (χ3v) is 5.53. The van der Waals surface area contributed by atoms with Crippen molar-refractivity contribution in [2.45, 2.75) is 25.5 Å². The second-order valence-corrected chi connectivity index (χ2v) is 7.36. The molecule has 28 heavy (non-hydrogen) atoms. The Morgan fingerprint density at radius 1 is 1.11 bits per heavy atom. The lowest BCUT2D eigenvalue weighted by Gasteiger charge is -2.34. The highest BCUT2D eigenvalue weighted by Gasteiger charge is 2.27. The number of halogens is 2. The smallest absolute Gasteiger partial charge is 0.135 e. The van der Waals surface area contributed by atoms with Gasteiger partial charge in [0.25, 0.3) is 0 Å². The number of likely N-dealkylation sites (tertiary alicyclic amines) is 1. The lowest BCUT2D eigenvalue weighted by molar-refractivity contribution is 0.0568. The van der Waals surface area contributed by atoms with Crippen molar-refractivity contribution < 1.29 is 13.9 Å². The molecule has 1 aliphatic rings. The van der Waals surface area contributed by atoms with Gasteiger partial charge in [-0.1, -0.05) is 30.3 Å². The van der Waals surface area contributed by atoms with Crippen molar-refractivity contribution in [3.05, 3.63) is 77.5 Å². The Bertz CT molecular complexity index is 921. The molecule has 1 unspecified atom stereocenters. The number of aliphatic hydroxyl groups excluding tert-OH is 1. The fraction of sp³-hybridized carbons (Fsp3) is 0.318. The lowest BCUT2D eigenvalue weighted by Crippen LogP contribution is -2.35. The highest BCUT2D eigenvalue weighted by Crippen LogP contribution is 2.32. The van der Waals surface area contributed by atoms with Gasteiger partial charge in [-0.05, 0) is 49.5 Å². The molecule has 2 heterocycles. The third kappa shape index (κ3) is 3.98. The minimum absolute atomic E-state index is 0.233. The predicted octanol–water partition coefficient (Wildman–Crippen LogP) is 4.30. The van der Waals surface area contributed by atoms with Gasteiger partial charge in [-0.15, -0.1) is 0 Å². The quantitative estimate of drug-likeness (QED) is 0.691. The Kier molecular flexibility index (Phi) is 5.50. The van der Waals surface area contributed by atoms with Crippen molar-refractivity contribution in [2.24, 2.45) is 5.92 Å². The van der Waals surface area contributed by atoms with Crippen LogP contribution in [-0.2, 0) is 6.54 Å². The summed E-state index contributed by atoms with van der Waals surface area (Å²) >= 11 is 0. The molecule has 2 aromatic carbocycles. The second kappa shape index (κ2) is 8.20. The van der Waals surface area contributed by atoms with E-state index in [1.54, 1.807) is 6.20 Å². The van der Waals surface area contributed by atoms with E-state index < -0.39 is 17.7 Å². The highest BCUT2D eigenvalue weighted by molar-refractivity contribution is 5.63. The van der Waals surface area contributed by atoms with Crippen molar-refractivity contribution in [1.29, 1.82) is 0 Å². The molecule has 4 rings (SSSR count). The Balaban J connectivity index is 1.40. The van der Waals surface area contributed by atoms with E-state index in [9.17, 15) is 13.9 Å². The van der Waals surface area contributed by atoms with Crippen molar-refractivity contribution >= 4 is 0 Å². The topological polar surface area (TPSA) is 52.1 Å². The molecule has 1 atom stereocenters. The van der Waals surface area contributed by atoms with Gasteiger partial charge < -0.3 is 5.11 Å². The Labute approximate surface area is 162 Å². The maximum atomic E-state index is 14.1.